The number of amides is 2. The molecule has 10 heteroatoms. The third-order valence-electron chi connectivity index (χ3n) is 4.82. The highest BCUT2D eigenvalue weighted by atomic mass is 35.5. The van der Waals surface area contributed by atoms with E-state index in [1.54, 1.807) is 24.3 Å². The van der Waals surface area contributed by atoms with E-state index in [2.05, 4.69) is 10.4 Å². The Morgan fingerprint density at radius 2 is 2.00 bits per heavy atom. The zero-order chi connectivity index (χ0) is 20.9. The first-order valence-corrected chi connectivity index (χ1v) is 11.8. The van der Waals surface area contributed by atoms with Gasteiger partial charge < -0.3 is 10.1 Å². The molecule has 0 aliphatic carbocycles. The minimum atomic E-state index is -3.13. The van der Waals surface area contributed by atoms with Gasteiger partial charge in [0, 0.05) is 24.4 Å². The van der Waals surface area contributed by atoms with Crippen molar-refractivity contribution in [3.8, 4) is 5.75 Å². The molecule has 0 saturated carbocycles. The number of carbonyl (C=O) groups is 2. The number of rotatable bonds is 8. The fraction of sp³-hybridized carbons (Fsp3) is 0.526. The summed E-state index contributed by atoms with van der Waals surface area (Å²) in [5.41, 5.74) is 0.270. The molecule has 0 radical (unpaired) electrons. The molecular formula is C19H24ClN3O5S. The van der Waals surface area contributed by atoms with Gasteiger partial charge in [0.05, 0.1) is 24.2 Å². The highest BCUT2D eigenvalue weighted by molar-refractivity contribution is 7.91. The van der Waals surface area contributed by atoms with Gasteiger partial charge in [0.25, 0.3) is 5.91 Å². The van der Waals surface area contributed by atoms with Gasteiger partial charge >= 0.3 is 0 Å². The molecule has 3 rings (SSSR count). The van der Waals surface area contributed by atoms with E-state index in [1.165, 1.54) is 5.01 Å². The summed E-state index contributed by atoms with van der Waals surface area (Å²) < 4.78 is 28.9. The van der Waals surface area contributed by atoms with Crippen LogP contribution in [0, 0.1) is 0 Å². The second-order valence-electron chi connectivity index (χ2n) is 7.11. The van der Waals surface area contributed by atoms with E-state index in [-0.39, 0.29) is 41.9 Å². The first kappa shape index (κ1) is 21.6. The maximum Gasteiger partial charge on any atom is 0.267 e. The number of nitrogens with zero attached hydrogens (tertiary/aromatic N) is 2. The van der Waals surface area contributed by atoms with E-state index in [0.29, 0.717) is 24.6 Å². The summed E-state index contributed by atoms with van der Waals surface area (Å²) in [6.45, 7) is 0.991. The number of benzene rings is 1. The minimum absolute atomic E-state index is 0.0522. The summed E-state index contributed by atoms with van der Waals surface area (Å²) in [4.78, 5) is 24.4. The van der Waals surface area contributed by atoms with E-state index in [1.807, 2.05) is 0 Å². The molecule has 0 bridgehead atoms. The number of ether oxygens (including phenoxy) is 1. The maximum absolute atomic E-state index is 12.3. The molecule has 8 nitrogen and oxygen atoms in total. The molecule has 0 spiro atoms. The molecule has 1 unspecified atom stereocenters. The standard InChI is InChI=1S/C19H24ClN3O5S/c20-14-3-5-16(6-4-14)28-11-2-1-10-21-19(25)17-7-8-18(24)23(22-17)15-9-12-29(26,27)13-15/h3-6,15H,1-2,7-13H2,(H,21,25). The Morgan fingerprint density at radius 1 is 1.24 bits per heavy atom. The van der Waals surface area contributed by atoms with Crippen molar-refractivity contribution in [3.63, 3.8) is 0 Å². The average Bonchev–Trinajstić information content (AvgIpc) is 3.05. The monoisotopic (exact) mass is 441 g/mol. The lowest BCUT2D eigenvalue weighted by atomic mass is 10.1. The van der Waals surface area contributed by atoms with Crippen LogP contribution in [0.3, 0.4) is 0 Å². The van der Waals surface area contributed by atoms with Crippen LogP contribution in [0.2, 0.25) is 5.02 Å². The van der Waals surface area contributed by atoms with Crippen LogP contribution in [0.4, 0.5) is 0 Å². The van der Waals surface area contributed by atoms with Gasteiger partial charge in [-0.2, -0.15) is 5.10 Å². The summed E-state index contributed by atoms with van der Waals surface area (Å²) in [6, 6.07) is 6.65. The van der Waals surface area contributed by atoms with Crippen molar-refractivity contribution in [2.45, 2.75) is 38.1 Å². The van der Waals surface area contributed by atoms with Crippen LogP contribution in [0.25, 0.3) is 0 Å². The Bertz CT molecular complexity index is 886. The van der Waals surface area contributed by atoms with Gasteiger partial charge in [-0.3, -0.25) is 9.59 Å². The molecule has 2 aliphatic heterocycles. The number of sulfone groups is 1. The number of carbonyl (C=O) groups excluding carboxylic acids is 2. The highest BCUT2D eigenvalue weighted by Gasteiger charge is 2.37. The van der Waals surface area contributed by atoms with Crippen LogP contribution in [0.1, 0.15) is 32.1 Å². The summed E-state index contributed by atoms with van der Waals surface area (Å²) in [5.74, 6) is 0.153. The van der Waals surface area contributed by atoms with Gasteiger partial charge in [-0.1, -0.05) is 11.6 Å². The largest absolute Gasteiger partial charge is 0.494 e. The summed E-state index contributed by atoms with van der Waals surface area (Å²) in [7, 11) is -3.13. The SMILES string of the molecule is O=C(NCCCCOc1ccc(Cl)cc1)C1=NN(C2CCS(=O)(=O)C2)C(=O)CC1. The third-order valence-corrected chi connectivity index (χ3v) is 6.82. The Hall–Kier alpha value is -2.13. The first-order chi connectivity index (χ1) is 13.8. The molecule has 2 aliphatic rings. The van der Waals surface area contributed by atoms with Gasteiger partial charge in [-0.25, -0.2) is 13.4 Å². The smallest absolute Gasteiger partial charge is 0.267 e. The van der Waals surface area contributed by atoms with E-state index < -0.39 is 15.9 Å². The fourth-order valence-corrected chi connectivity index (χ4v) is 5.06. The van der Waals surface area contributed by atoms with Crippen molar-refractivity contribution in [2.75, 3.05) is 24.7 Å². The van der Waals surface area contributed by atoms with Crippen molar-refractivity contribution >= 4 is 39.0 Å². The van der Waals surface area contributed by atoms with E-state index in [4.69, 9.17) is 16.3 Å². The molecule has 29 heavy (non-hydrogen) atoms. The zero-order valence-electron chi connectivity index (χ0n) is 16.0. The summed E-state index contributed by atoms with van der Waals surface area (Å²) in [5, 5.41) is 8.81. The van der Waals surface area contributed by atoms with E-state index in [9.17, 15) is 18.0 Å². The molecule has 1 saturated heterocycles. The highest BCUT2D eigenvalue weighted by Crippen LogP contribution is 2.22. The number of hydrogen-bond acceptors (Lipinski definition) is 6. The number of nitrogens with one attached hydrogen (secondary N) is 1. The lowest BCUT2D eigenvalue weighted by Gasteiger charge is -2.27. The topological polar surface area (TPSA) is 105 Å². The number of unbranched alkanes of at least 4 members (excludes halogenated alkanes) is 1. The van der Waals surface area contributed by atoms with Gasteiger partial charge in [0.15, 0.2) is 9.84 Å². The Labute approximate surface area is 175 Å². The molecule has 0 aromatic heterocycles. The number of hydrogen-bond donors (Lipinski definition) is 1. The van der Waals surface area contributed by atoms with Crippen LogP contribution in [-0.2, 0) is 19.4 Å². The molecule has 1 aromatic carbocycles. The molecule has 1 N–H and O–H groups in total. The molecule has 158 valence electrons. The number of hydrazone groups is 1. The predicted octanol–water partition coefficient (Wildman–Crippen LogP) is 1.78. The third kappa shape index (κ3) is 6.17. The Balaban J connectivity index is 1.41. The molecule has 1 atom stereocenters. The van der Waals surface area contributed by atoms with Gasteiger partial charge in [-0.05, 0) is 43.5 Å². The van der Waals surface area contributed by atoms with Crippen molar-refractivity contribution in [3.05, 3.63) is 29.3 Å². The van der Waals surface area contributed by atoms with Crippen LogP contribution in [-0.4, -0.2) is 61.7 Å². The first-order valence-electron chi connectivity index (χ1n) is 9.60. The minimum Gasteiger partial charge on any atom is -0.494 e. The number of halogens is 1. The van der Waals surface area contributed by atoms with Crippen LogP contribution >= 0.6 is 11.6 Å². The fourth-order valence-electron chi connectivity index (χ4n) is 3.24. The van der Waals surface area contributed by atoms with E-state index in [0.717, 1.165) is 18.6 Å². The summed E-state index contributed by atoms with van der Waals surface area (Å²) in [6.07, 6.45) is 2.29. The molecular weight excluding hydrogens is 418 g/mol. The van der Waals surface area contributed by atoms with E-state index >= 15 is 0 Å². The zero-order valence-corrected chi connectivity index (χ0v) is 17.5. The maximum atomic E-state index is 12.3. The van der Waals surface area contributed by atoms with Crippen molar-refractivity contribution in [2.24, 2.45) is 5.10 Å². The van der Waals surface area contributed by atoms with Crippen molar-refractivity contribution in [1.29, 1.82) is 0 Å². The molecule has 2 heterocycles. The lowest BCUT2D eigenvalue weighted by molar-refractivity contribution is -0.133. The quantitative estimate of drug-likeness (QED) is 0.619. The Morgan fingerprint density at radius 3 is 2.69 bits per heavy atom. The van der Waals surface area contributed by atoms with Crippen molar-refractivity contribution in [1.82, 2.24) is 10.3 Å². The molecule has 1 fully saturated rings. The van der Waals surface area contributed by atoms with Crippen molar-refractivity contribution < 1.29 is 22.7 Å². The van der Waals surface area contributed by atoms with Crippen LogP contribution in [0.5, 0.6) is 5.75 Å². The summed E-state index contributed by atoms with van der Waals surface area (Å²) >= 11 is 5.82. The molecule has 2 amide bonds. The average molecular weight is 442 g/mol. The van der Waals surface area contributed by atoms with Gasteiger partial charge in [0.1, 0.15) is 11.5 Å². The normalized spacial score (nSPS) is 21.0. The second-order valence-corrected chi connectivity index (χ2v) is 9.77. The molecule has 1 aromatic rings. The van der Waals surface area contributed by atoms with Crippen LogP contribution in [0.15, 0.2) is 29.4 Å². The van der Waals surface area contributed by atoms with Crippen LogP contribution < -0.4 is 10.1 Å². The lowest BCUT2D eigenvalue weighted by Crippen LogP contribution is -2.44. The van der Waals surface area contributed by atoms with Gasteiger partial charge in [-0.15, -0.1) is 0 Å². The van der Waals surface area contributed by atoms with Gasteiger partial charge in [0.2, 0.25) is 5.91 Å². The predicted molar refractivity (Wildman–Crippen MR) is 110 cm³/mol. The Kier molecular flexibility index (Phi) is 7.13. The second kappa shape index (κ2) is 9.58.